The third-order valence-electron chi connectivity index (χ3n) is 3.71. The molecule has 1 amide bonds. The summed E-state index contributed by atoms with van der Waals surface area (Å²) in [6.45, 7) is 1.85. The van der Waals surface area contributed by atoms with Crippen LogP contribution in [0.4, 0.5) is 0 Å². The predicted molar refractivity (Wildman–Crippen MR) is 74.9 cm³/mol. The summed E-state index contributed by atoms with van der Waals surface area (Å²) in [5.41, 5.74) is 2.25. The van der Waals surface area contributed by atoms with Crippen LogP contribution >= 0.6 is 0 Å². The summed E-state index contributed by atoms with van der Waals surface area (Å²) in [5, 5.41) is 11.8. The number of amidine groups is 1. The monoisotopic (exact) mass is 254 g/mol. The smallest absolute Gasteiger partial charge is 0.259 e. The van der Waals surface area contributed by atoms with Crippen LogP contribution in [-0.2, 0) is 0 Å². The van der Waals surface area contributed by atoms with Crippen LogP contribution in [-0.4, -0.2) is 35.8 Å². The van der Waals surface area contributed by atoms with Crippen molar-refractivity contribution in [1.29, 1.82) is 0 Å². The maximum Gasteiger partial charge on any atom is 0.259 e. The van der Waals surface area contributed by atoms with Crippen molar-refractivity contribution >= 4 is 22.5 Å². The highest BCUT2D eigenvalue weighted by Crippen LogP contribution is 2.35. The topological polar surface area (TPSA) is 52.9 Å². The SMILES string of the molecule is CN=C1c2cc(O)c(C)c3cccc(c23)C(=O)N1C. The summed E-state index contributed by atoms with van der Waals surface area (Å²) in [7, 11) is 3.35. The van der Waals surface area contributed by atoms with Gasteiger partial charge in [0.2, 0.25) is 0 Å². The van der Waals surface area contributed by atoms with Crippen molar-refractivity contribution in [2.75, 3.05) is 14.1 Å². The zero-order valence-electron chi connectivity index (χ0n) is 11.1. The van der Waals surface area contributed by atoms with E-state index in [0.29, 0.717) is 11.4 Å². The summed E-state index contributed by atoms with van der Waals surface area (Å²) in [5.74, 6) is 0.747. The molecule has 0 unspecified atom stereocenters. The Hall–Kier alpha value is -2.36. The average Bonchev–Trinajstić information content (AvgIpc) is 2.42. The lowest BCUT2D eigenvalue weighted by atomic mass is 9.91. The van der Waals surface area contributed by atoms with Crippen molar-refractivity contribution in [2.24, 2.45) is 4.99 Å². The number of hydrogen-bond acceptors (Lipinski definition) is 3. The third kappa shape index (κ3) is 1.40. The third-order valence-corrected chi connectivity index (χ3v) is 3.71. The van der Waals surface area contributed by atoms with E-state index in [1.807, 2.05) is 25.1 Å². The van der Waals surface area contributed by atoms with Gasteiger partial charge in [-0.05, 0) is 30.0 Å². The van der Waals surface area contributed by atoms with Gasteiger partial charge >= 0.3 is 0 Å². The fourth-order valence-corrected chi connectivity index (χ4v) is 2.69. The van der Waals surface area contributed by atoms with Gasteiger partial charge in [0.25, 0.3) is 5.91 Å². The van der Waals surface area contributed by atoms with Gasteiger partial charge in [0, 0.05) is 30.6 Å². The molecule has 4 heteroatoms. The molecule has 0 aliphatic carbocycles. The molecule has 3 rings (SSSR count). The average molecular weight is 254 g/mol. The molecule has 0 atom stereocenters. The zero-order valence-corrected chi connectivity index (χ0v) is 11.1. The van der Waals surface area contributed by atoms with Crippen LogP contribution in [0.3, 0.4) is 0 Å². The molecule has 0 fully saturated rings. The molecule has 2 aromatic rings. The number of amides is 1. The first-order chi connectivity index (χ1) is 9.06. The van der Waals surface area contributed by atoms with Crippen molar-refractivity contribution in [3.63, 3.8) is 0 Å². The Morgan fingerprint density at radius 3 is 2.68 bits per heavy atom. The number of carbonyl (C=O) groups excluding carboxylic acids is 1. The van der Waals surface area contributed by atoms with E-state index in [-0.39, 0.29) is 11.7 Å². The Labute approximate surface area is 111 Å². The first kappa shape index (κ1) is 11.7. The van der Waals surface area contributed by atoms with Crippen LogP contribution < -0.4 is 0 Å². The molecule has 2 aromatic carbocycles. The molecule has 1 N–H and O–H groups in total. The van der Waals surface area contributed by atoms with E-state index >= 15 is 0 Å². The van der Waals surface area contributed by atoms with Gasteiger partial charge in [-0.25, -0.2) is 0 Å². The van der Waals surface area contributed by atoms with Gasteiger partial charge in [0.05, 0.1) is 0 Å². The van der Waals surface area contributed by atoms with Crippen molar-refractivity contribution < 1.29 is 9.90 Å². The maximum atomic E-state index is 12.4. The van der Waals surface area contributed by atoms with Crippen LogP contribution in [0.5, 0.6) is 5.75 Å². The van der Waals surface area contributed by atoms with Gasteiger partial charge in [-0.1, -0.05) is 12.1 Å². The van der Waals surface area contributed by atoms with E-state index in [1.54, 1.807) is 20.2 Å². The lowest BCUT2D eigenvalue weighted by molar-refractivity contribution is 0.0870. The van der Waals surface area contributed by atoms with E-state index < -0.39 is 0 Å². The molecule has 0 saturated carbocycles. The van der Waals surface area contributed by atoms with Gasteiger partial charge in [-0.2, -0.15) is 0 Å². The fourth-order valence-electron chi connectivity index (χ4n) is 2.69. The summed E-state index contributed by atoms with van der Waals surface area (Å²) in [4.78, 5) is 18.1. The molecule has 1 heterocycles. The van der Waals surface area contributed by atoms with Crippen molar-refractivity contribution in [2.45, 2.75) is 6.92 Å². The second-order valence-corrected chi connectivity index (χ2v) is 4.71. The molecule has 0 saturated heterocycles. The quantitative estimate of drug-likeness (QED) is 0.784. The number of benzene rings is 2. The summed E-state index contributed by atoms with van der Waals surface area (Å²) in [6.07, 6.45) is 0. The number of aryl methyl sites for hydroxylation is 1. The minimum absolute atomic E-state index is 0.0659. The standard InChI is InChI=1S/C15H14N2O2/c1-8-9-5-4-6-10-13(9)11(7-12(8)18)14(16-2)17(3)15(10)19/h4-7,18H,1-3H3. The molecule has 1 aliphatic rings. The second kappa shape index (κ2) is 3.82. The molecule has 0 radical (unpaired) electrons. The number of phenols is 1. The van der Waals surface area contributed by atoms with Crippen LogP contribution in [0.15, 0.2) is 29.3 Å². The Bertz CT molecular complexity index is 747. The maximum absolute atomic E-state index is 12.4. The number of nitrogens with zero attached hydrogens (tertiary/aromatic N) is 2. The summed E-state index contributed by atoms with van der Waals surface area (Å²) < 4.78 is 0. The van der Waals surface area contributed by atoms with E-state index in [0.717, 1.165) is 21.9 Å². The molecular weight excluding hydrogens is 240 g/mol. The van der Waals surface area contributed by atoms with E-state index in [1.165, 1.54) is 4.90 Å². The van der Waals surface area contributed by atoms with E-state index in [4.69, 9.17) is 0 Å². The lowest BCUT2D eigenvalue weighted by Gasteiger charge is -2.27. The Balaban J connectivity index is 2.56. The zero-order chi connectivity index (χ0) is 13.7. The molecule has 0 aromatic heterocycles. The molecular formula is C15H14N2O2. The minimum atomic E-state index is -0.0659. The lowest BCUT2D eigenvalue weighted by Crippen LogP contribution is -2.37. The van der Waals surface area contributed by atoms with Crippen LogP contribution in [0.1, 0.15) is 21.5 Å². The molecule has 19 heavy (non-hydrogen) atoms. The normalized spacial score (nSPS) is 16.5. The number of hydrogen-bond donors (Lipinski definition) is 1. The first-order valence-corrected chi connectivity index (χ1v) is 6.06. The largest absolute Gasteiger partial charge is 0.508 e. The Kier molecular flexibility index (Phi) is 2.35. The minimum Gasteiger partial charge on any atom is -0.508 e. The summed E-state index contributed by atoms with van der Waals surface area (Å²) >= 11 is 0. The van der Waals surface area contributed by atoms with Gasteiger partial charge in [-0.3, -0.25) is 14.7 Å². The van der Waals surface area contributed by atoms with Gasteiger partial charge < -0.3 is 5.11 Å². The van der Waals surface area contributed by atoms with Crippen LogP contribution in [0.25, 0.3) is 10.8 Å². The molecule has 1 aliphatic heterocycles. The highest BCUT2D eigenvalue weighted by Gasteiger charge is 2.29. The Morgan fingerprint density at radius 1 is 1.26 bits per heavy atom. The molecule has 96 valence electrons. The number of phenolic OH excluding ortho intramolecular Hbond substituents is 1. The molecule has 0 bridgehead atoms. The number of carbonyl (C=O) groups is 1. The number of rotatable bonds is 0. The first-order valence-electron chi connectivity index (χ1n) is 6.06. The van der Waals surface area contributed by atoms with Gasteiger partial charge in [0.15, 0.2) is 0 Å². The molecule has 4 nitrogen and oxygen atoms in total. The second-order valence-electron chi connectivity index (χ2n) is 4.71. The summed E-state index contributed by atoms with van der Waals surface area (Å²) in [6, 6.07) is 7.26. The van der Waals surface area contributed by atoms with E-state index in [2.05, 4.69) is 4.99 Å². The van der Waals surface area contributed by atoms with Crippen molar-refractivity contribution in [3.8, 4) is 5.75 Å². The highest BCUT2D eigenvalue weighted by atomic mass is 16.3. The predicted octanol–water partition coefficient (Wildman–Crippen LogP) is 2.32. The Morgan fingerprint density at radius 2 is 2.00 bits per heavy atom. The molecule has 0 spiro atoms. The van der Waals surface area contributed by atoms with Gasteiger partial charge in [-0.15, -0.1) is 0 Å². The van der Waals surface area contributed by atoms with Crippen LogP contribution in [0.2, 0.25) is 0 Å². The highest BCUT2D eigenvalue weighted by molar-refractivity contribution is 6.27. The van der Waals surface area contributed by atoms with Crippen molar-refractivity contribution in [3.05, 3.63) is 41.0 Å². The van der Waals surface area contributed by atoms with Crippen molar-refractivity contribution in [1.82, 2.24) is 4.90 Å². The number of aromatic hydroxyl groups is 1. The van der Waals surface area contributed by atoms with Crippen LogP contribution in [0, 0.1) is 6.92 Å². The fraction of sp³-hybridized carbons (Fsp3) is 0.200. The van der Waals surface area contributed by atoms with E-state index in [9.17, 15) is 9.90 Å². The number of aliphatic imine (C=N–C) groups is 1. The van der Waals surface area contributed by atoms with Gasteiger partial charge in [0.1, 0.15) is 11.6 Å².